The van der Waals surface area contributed by atoms with Crippen molar-refractivity contribution in [2.45, 2.75) is 51.5 Å². The van der Waals surface area contributed by atoms with Gasteiger partial charge in [0.1, 0.15) is 5.01 Å². The maximum atomic E-state index is 12.5. The SMILES string of the molecule is CCc1sc(C(=O)Nc2nnc(C)s2)cc1C1CC1NCC1CC1. The average Bonchev–Trinajstić information content (AvgIpc) is 3.46. The number of thiophene rings is 1. The van der Waals surface area contributed by atoms with Crippen LogP contribution < -0.4 is 10.6 Å². The maximum Gasteiger partial charge on any atom is 0.267 e. The van der Waals surface area contributed by atoms with Crippen LogP contribution in [-0.4, -0.2) is 28.7 Å². The highest BCUT2D eigenvalue weighted by Gasteiger charge is 2.41. The second kappa shape index (κ2) is 6.54. The van der Waals surface area contributed by atoms with E-state index in [0.29, 0.717) is 17.1 Å². The smallest absolute Gasteiger partial charge is 0.267 e. The summed E-state index contributed by atoms with van der Waals surface area (Å²) in [5, 5.41) is 15.9. The normalized spacial score (nSPS) is 22.6. The van der Waals surface area contributed by atoms with Crippen LogP contribution >= 0.6 is 22.7 Å². The molecule has 0 spiro atoms. The Morgan fingerprint density at radius 2 is 2.17 bits per heavy atom. The van der Waals surface area contributed by atoms with Crippen LogP contribution in [0.3, 0.4) is 0 Å². The molecule has 2 N–H and O–H groups in total. The minimum atomic E-state index is -0.0692. The first-order valence-electron chi connectivity index (χ1n) is 8.61. The van der Waals surface area contributed by atoms with E-state index in [9.17, 15) is 4.79 Å². The highest BCUT2D eigenvalue weighted by molar-refractivity contribution is 7.16. The number of amides is 1. The molecule has 7 heteroatoms. The van der Waals surface area contributed by atoms with Crippen molar-refractivity contribution < 1.29 is 4.79 Å². The van der Waals surface area contributed by atoms with Crippen molar-refractivity contribution in [1.29, 1.82) is 0 Å². The third-order valence-electron chi connectivity index (χ3n) is 4.69. The van der Waals surface area contributed by atoms with Gasteiger partial charge in [0.25, 0.3) is 5.91 Å². The Morgan fingerprint density at radius 3 is 2.83 bits per heavy atom. The third kappa shape index (κ3) is 3.53. The summed E-state index contributed by atoms with van der Waals surface area (Å²) in [6, 6.07) is 2.70. The van der Waals surface area contributed by atoms with E-state index in [4.69, 9.17) is 0 Å². The van der Waals surface area contributed by atoms with Gasteiger partial charge < -0.3 is 5.32 Å². The molecule has 0 bridgehead atoms. The fourth-order valence-electron chi connectivity index (χ4n) is 3.05. The van der Waals surface area contributed by atoms with Crippen molar-refractivity contribution in [2.75, 3.05) is 11.9 Å². The lowest BCUT2D eigenvalue weighted by molar-refractivity contribution is 0.103. The number of carbonyl (C=O) groups excluding carboxylic acids is 1. The summed E-state index contributed by atoms with van der Waals surface area (Å²) in [5.74, 6) is 1.43. The number of hydrogen-bond donors (Lipinski definition) is 2. The van der Waals surface area contributed by atoms with Crippen molar-refractivity contribution in [1.82, 2.24) is 15.5 Å². The lowest BCUT2D eigenvalue weighted by Gasteiger charge is -2.03. The molecule has 2 atom stereocenters. The van der Waals surface area contributed by atoms with E-state index < -0.39 is 0 Å². The van der Waals surface area contributed by atoms with Gasteiger partial charge in [-0.3, -0.25) is 10.1 Å². The molecule has 2 aliphatic rings. The van der Waals surface area contributed by atoms with Crippen LogP contribution in [0.5, 0.6) is 0 Å². The van der Waals surface area contributed by atoms with Gasteiger partial charge >= 0.3 is 0 Å². The van der Waals surface area contributed by atoms with Crippen LogP contribution in [0.1, 0.15) is 57.2 Å². The molecule has 2 fully saturated rings. The predicted molar refractivity (Wildman–Crippen MR) is 98.2 cm³/mol. The van der Waals surface area contributed by atoms with Crippen LogP contribution in [0.2, 0.25) is 0 Å². The number of carbonyl (C=O) groups is 1. The Balaban J connectivity index is 1.43. The zero-order valence-corrected chi connectivity index (χ0v) is 15.6. The summed E-state index contributed by atoms with van der Waals surface area (Å²) in [4.78, 5) is 14.6. The molecule has 24 heavy (non-hydrogen) atoms. The van der Waals surface area contributed by atoms with Gasteiger partial charge in [-0.25, -0.2) is 0 Å². The van der Waals surface area contributed by atoms with Crippen molar-refractivity contribution in [3.8, 4) is 0 Å². The number of nitrogens with zero attached hydrogens (tertiary/aromatic N) is 2. The van der Waals surface area contributed by atoms with Gasteiger partial charge in [-0.15, -0.1) is 21.5 Å². The van der Waals surface area contributed by atoms with Gasteiger partial charge in [-0.05, 0) is 56.7 Å². The van der Waals surface area contributed by atoms with E-state index in [1.807, 2.05) is 6.92 Å². The fraction of sp³-hybridized carbons (Fsp3) is 0.588. The van der Waals surface area contributed by atoms with Gasteiger partial charge in [0.05, 0.1) is 4.88 Å². The molecule has 2 aromatic heterocycles. The zero-order chi connectivity index (χ0) is 16.7. The van der Waals surface area contributed by atoms with E-state index in [-0.39, 0.29) is 5.91 Å². The Hall–Kier alpha value is -1.31. The summed E-state index contributed by atoms with van der Waals surface area (Å²) >= 11 is 3.02. The summed E-state index contributed by atoms with van der Waals surface area (Å²) in [5.41, 5.74) is 1.37. The third-order valence-corrected chi connectivity index (χ3v) is 6.74. The van der Waals surface area contributed by atoms with E-state index in [1.54, 1.807) is 11.3 Å². The van der Waals surface area contributed by atoms with Crippen molar-refractivity contribution in [3.63, 3.8) is 0 Å². The molecule has 2 aliphatic carbocycles. The van der Waals surface area contributed by atoms with E-state index in [0.717, 1.165) is 28.8 Å². The van der Waals surface area contributed by atoms with E-state index in [2.05, 4.69) is 33.8 Å². The summed E-state index contributed by atoms with van der Waals surface area (Å²) in [7, 11) is 0. The van der Waals surface area contributed by atoms with Gasteiger partial charge in [-0.2, -0.15) is 0 Å². The number of hydrogen-bond acceptors (Lipinski definition) is 6. The first kappa shape index (κ1) is 16.2. The molecular weight excluding hydrogens is 340 g/mol. The lowest BCUT2D eigenvalue weighted by atomic mass is 10.1. The largest absolute Gasteiger partial charge is 0.313 e. The highest BCUT2D eigenvalue weighted by atomic mass is 32.1. The fourth-order valence-corrected chi connectivity index (χ4v) is 4.71. The molecule has 2 saturated carbocycles. The summed E-state index contributed by atoms with van der Waals surface area (Å²) in [6.07, 6.45) is 4.96. The Labute approximate surface area is 149 Å². The molecule has 1 amide bonds. The van der Waals surface area contributed by atoms with Crippen LogP contribution in [0.15, 0.2) is 6.07 Å². The number of aromatic nitrogens is 2. The minimum absolute atomic E-state index is 0.0692. The zero-order valence-electron chi connectivity index (χ0n) is 14.0. The van der Waals surface area contributed by atoms with Crippen LogP contribution in [0, 0.1) is 12.8 Å². The Morgan fingerprint density at radius 1 is 1.33 bits per heavy atom. The lowest BCUT2D eigenvalue weighted by Crippen LogP contribution is -2.20. The topological polar surface area (TPSA) is 66.9 Å². The molecule has 0 aliphatic heterocycles. The first-order chi connectivity index (χ1) is 11.6. The summed E-state index contributed by atoms with van der Waals surface area (Å²) < 4.78 is 0. The highest BCUT2D eigenvalue weighted by Crippen LogP contribution is 2.45. The minimum Gasteiger partial charge on any atom is -0.313 e. The van der Waals surface area contributed by atoms with Crippen molar-refractivity contribution in [2.24, 2.45) is 5.92 Å². The maximum absolute atomic E-state index is 12.5. The molecule has 2 aromatic rings. The number of aryl methyl sites for hydroxylation is 2. The quantitative estimate of drug-likeness (QED) is 0.790. The van der Waals surface area contributed by atoms with Crippen molar-refractivity contribution >= 4 is 33.7 Å². The van der Waals surface area contributed by atoms with Gasteiger partial charge in [0.15, 0.2) is 0 Å². The van der Waals surface area contributed by atoms with Crippen molar-refractivity contribution in [3.05, 3.63) is 26.4 Å². The first-order valence-corrected chi connectivity index (χ1v) is 10.2. The Bertz CT molecular complexity index is 750. The molecule has 5 nitrogen and oxygen atoms in total. The molecule has 0 aromatic carbocycles. The summed E-state index contributed by atoms with van der Waals surface area (Å²) in [6.45, 7) is 5.21. The number of rotatable bonds is 7. The van der Waals surface area contributed by atoms with E-state index >= 15 is 0 Å². The second-order valence-electron chi connectivity index (χ2n) is 6.72. The van der Waals surface area contributed by atoms with Crippen LogP contribution in [-0.2, 0) is 6.42 Å². The van der Waals surface area contributed by atoms with Crippen LogP contribution in [0.25, 0.3) is 0 Å². The molecular formula is C17H22N4OS2. The van der Waals surface area contributed by atoms with Gasteiger partial charge in [0.2, 0.25) is 5.13 Å². The average molecular weight is 363 g/mol. The number of anilines is 1. The monoisotopic (exact) mass is 362 g/mol. The molecule has 4 rings (SSSR count). The van der Waals surface area contributed by atoms with Gasteiger partial charge in [-0.1, -0.05) is 18.3 Å². The molecule has 2 heterocycles. The molecule has 2 unspecified atom stereocenters. The molecule has 0 radical (unpaired) electrons. The second-order valence-corrected chi connectivity index (χ2v) is 9.04. The predicted octanol–water partition coefficient (Wildman–Crippen LogP) is 3.58. The number of nitrogens with one attached hydrogen (secondary N) is 2. The molecule has 128 valence electrons. The molecule has 0 saturated heterocycles. The van der Waals surface area contributed by atoms with Gasteiger partial charge in [0, 0.05) is 16.8 Å². The van der Waals surface area contributed by atoms with Crippen LogP contribution in [0.4, 0.5) is 5.13 Å². The Kier molecular flexibility index (Phi) is 4.40. The standard InChI is InChI=1S/C17H22N4OS2/c1-3-14-12(11-6-13(11)18-8-10-4-5-10)7-15(24-14)16(22)19-17-21-20-9(2)23-17/h7,10-11,13,18H,3-6,8H2,1-2H3,(H,19,21,22). The van der Waals surface area contributed by atoms with E-state index in [1.165, 1.54) is 41.0 Å².